The summed E-state index contributed by atoms with van der Waals surface area (Å²) in [5, 5.41) is 10.4. The Hall–Kier alpha value is -2.34. The van der Waals surface area contributed by atoms with E-state index in [9.17, 15) is 26.2 Å². The van der Waals surface area contributed by atoms with Crippen molar-refractivity contribution in [1.29, 1.82) is 0 Å². The third-order valence-corrected chi connectivity index (χ3v) is 8.32. The molecule has 2 aromatic carbocycles. The number of carbonyl (C=O) groups is 1. The highest BCUT2D eigenvalue weighted by atomic mass is 32.2. The Morgan fingerprint density at radius 2 is 1.68 bits per heavy atom. The van der Waals surface area contributed by atoms with Gasteiger partial charge in [-0.1, -0.05) is 18.9 Å². The van der Waals surface area contributed by atoms with Crippen LogP contribution in [0, 0.1) is 0 Å². The minimum Gasteiger partial charge on any atom is -0.481 e. The molecule has 2 aromatic rings. The Bertz CT molecular complexity index is 1360. The van der Waals surface area contributed by atoms with E-state index in [-0.39, 0.29) is 23.5 Å². The maximum absolute atomic E-state index is 11.8. The SMILES string of the molecule is CC1=[N+](CCCS(=O)(=O)O)c2ccc3ccc(S(=O)(=O)O)cc3c2C1(C)CCCCCC(=O)O. The van der Waals surface area contributed by atoms with Gasteiger partial charge >= 0.3 is 5.97 Å². The van der Waals surface area contributed by atoms with Crippen LogP contribution in [-0.4, -0.2) is 59.6 Å². The third-order valence-electron chi connectivity index (χ3n) is 6.67. The van der Waals surface area contributed by atoms with Gasteiger partial charge in [0.1, 0.15) is 6.54 Å². The molecule has 0 spiro atoms. The number of benzene rings is 2. The molecule has 1 atom stereocenters. The second-order valence-electron chi connectivity index (χ2n) is 8.98. The fourth-order valence-corrected chi connectivity index (χ4v) is 5.84. The first-order chi connectivity index (χ1) is 15.7. The lowest BCUT2D eigenvalue weighted by molar-refractivity contribution is -0.438. The van der Waals surface area contributed by atoms with Gasteiger partial charge in [0, 0.05) is 31.4 Å². The molecule has 0 fully saturated rings. The van der Waals surface area contributed by atoms with Crippen molar-refractivity contribution >= 4 is 48.4 Å². The molecule has 11 heteroatoms. The Morgan fingerprint density at radius 1 is 1.00 bits per heavy atom. The summed E-state index contributed by atoms with van der Waals surface area (Å²) >= 11 is 0. The van der Waals surface area contributed by atoms with Gasteiger partial charge in [0.15, 0.2) is 5.71 Å². The predicted molar refractivity (Wildman–Crippen MR) is 128 cm³/mol. The lowest BCUT2D eigenvalue weighted by atomic mass is 9.74. The van der Waals surface area contributed by atoms with Crippen LogP contribution in [0.15, 0.2) is 35.2 Å². The van der Waals surface area contributed by atoms with E-state index >= 15 is 0 Å². The number of rotatable bonds is 11. The fourth-order valence-electron chi connectivity index (χ4n) is 4.84. The van der Waals surface area contributed by atoms with Crippen molar-refractivity contribution in [1.82, 2.24) is 0 Å². The molecule has 1 unspecified atom stereocenters. The van der Waals surface area contributed by atoms with Crippen molar-refractivity contribution in [2.24, 2.45) is 0 Å². The summed E-state index contributed by atoms with van der Waals surface area (Å²) < 4.78 is 66.8. The van der Waals surface area contributed by atoms with Crippen molar-refractivity contribution in [3.8, 4) is 0 Å². The maximum Gasteiger partial charge on any atom is 0.303 e. The van der Waals surface area contributed by atoms with Gasteiger partial charge in [-0.3, -0.25) is 13.9 Å². The van der Waals surface area contributed by atoms with E-state index in [1.165, 1.54) is 12.1 Å². The summed E-state index contributed by atoms with van der Waals surface area (Å²) in [6.45, 7) is 4.33. The highest BCUT2D eigenvalue weighted by Gasteiger charge is 2.47. The summed E-state index contributed by atoms with van der Waals surface area (Å²) in [4.78, 5) is 10.6. The summed E-state index contributed by atoms with van der Waals surface area (Å²) in [5.41, 5.74) is 2.15. The lowest BCUT2D eigenvalue weighted by Gasteiger charge is -2.24. The molecule has 1 aliphatic heterocycles. The molecular formula is C23H30NO8S2+. The zero-order valence-electron chi connectivity index (χ0n) is 19.2. The topological polar surface area (TPSA) is 149 Å². The highest BCUT2D eigenvalue weighted by molar-refractivity contribution is 7.86. The van der Waals surface area contributed by atoms with E-state index < -0.39 is 31.6 Å². The summed E-state index contributed by atoms with van der Waals surface area (Å²) in [6.07, 6.45) is 2.99. The monoisotopic (exact) mass is 512 g/mol. The first-order valence-corrected chi connectivity index (χ1v) is 14.1. The minimum atomic E-state index is -4.41. The first kappa shape index (κ1) is 26.3. The molecule has 0 bridgehead atoms. The van der Waals surface area contributed by atoms with Crippen molar-refractivity contribution in [2.75, 3.05) is 12.3 Å². The average molecular weight is 513 g/mol. The first-order valence-electron chi connectivity index (χ1n) is 11.1. The number of fused-ring (bicyclic) bond motifs is 3. The highest BCUT2D eigenvalue weighted by Crippen LogP contribution is 2.47. The Morgan fingerprint density at radius 3 is 2.29 bits per heavy atom. The maximum atomic E-state index is 11.8. The Kier molecular flexibility index (Phi) is 7.51. The zero-order valence-corrected chi connectivity index (χ0v) is 20.8. The average Bonchev–Trinajstić information content (AvgIpc) is 2.93. The van der Waals surface area contributed by atoms with Gasteiger partial charge in [0.05, 0.1) is 16.1 Å². The van der Waals surface area contributed by atoms with Crippen LogP contribution in [0.4, 0.5) is 5.69 Å². The summed E-state index contributed by atoms with van der Waals surface area (Å²) in [7, 11) is -8.51. The van der Waals surface area contributed by atoms with Crippen LogP contribution >= 0.6 is 0 Å². The number of carboxylic acids is 1. The molecule has 186 valence electrons. The van der Waals surface area contributed by atoms with Gasteiger partial charge in [-0.25, -0.2) is 0 Å². The van der Waals surface area contributed by atoms with E-state index in [0.717, 1.165) is 28.8 Å². The van der Waals surface area contributed by atoms with Crippen molar-refractivity contribution in [3.63, 3.8) is 0 Å². The Balaban J connectivity index is 2.07. The quantitative estimate of drug-likeness (QED) is 0.234. The number of nitrogens with zero attached hydrogens (tertiary/aromatic N) is 1. The lowest BCUT2D eigenvalue weighted by Crippen LogP contribution is -2.31. The molecule has 1 aliphatic rings. The second kappa shape index (κ2) is 9.73. The van der Waals surface area contributed by atoms with Crippen molar-refractivity contribution < 1.29 is 40.4 Å². The van der Waals surface area contributed by atoms with Gasteiger partial charge in [-0.05, 0) is 48.7 Å². The number of aliphatic carboxylic acids is 1. The van der Waals surface area contributed by atoms with E-state index in [0.29, 0.717) is 31.2 Å². The molecule has 34 heavy (non-hydrogen) atoms. The van der Waals surface area contributed by atoms with Crippen LogP contribution in [0.25, 0.3) is 10.8 Å². The second-order valence-corrected chi connectivity index (χ2v) is 12.0. The van der Waals surface area contributed by atoms with Gasteiger partial charge in [-0.2, -0.15) is 21.4 Å². The van der Waals surface area contributed by atoms with Gasteiger partial charge in [-0.15, -0.1) is 0 Å². The van der Waals surface area contributed by atoms with Gasteiger partial charge in [0.25, 0.3) is 20.2 Å². The van der Waals surface area contributed by atoms with Crippen LogP contribution in [0.3, 0.4) is 0 Å². The van der Waals surface area contributed by atoms with Crippen molar-refractivity contribution in [2.45, 2.75) is 62.7 Å². The van der Waals surface area contributed by atoms with Gasteiger partial charge < -0.3 is 5.11 Å². The normalized spacial score (nSPS) is 18.5. The molecule has 0 radical (unpaired) electrons. The van der Waals surface area contributed by atoms with Crippen LogP contribution in [0.2, 0.25) is 0 Å². The third kappa shape index (κ3) is 5.65. The molecule has 9 nitrogen and oxygen atoms in total. The zero-order chi connectivity index (χ0) is 25.3. The molecule has 1 heterocycles. The molecule has 3 N–H and O–H groups in total. The van der Waals surface area contributed by atoms with Crippen molar-refractivity contribution in [3.05, 3.63) is 35.9 Å². The van der Waals surface area contributed by atoms with E-state index in [2.05, 4.69) is 0 Å². The van der Waals surface area contributed by atoms with Crippen LogP contribution in [0.1, 0.15) is 57.9 Å². The predicted octanol–water partition coefficient (Wildman–Crippen LogP) is 3.78. The molecule has 0 amide bonds. The number of carboxylic acid groups (broad SMARTS) is 1. The standard InChI is InChI=1S/C23H29NO8S2/c1-16-23(2,12-5-3-4-7-21(25)26)22-19-15-18(34(30,31)32)10-8-17(19)9-11-20(22)24(16)13-6-14-33(27,28)29/h8-11,15H,3-7,12-14H2,1-2H3,(H2-,25,26,27,28,29,30,31,32)/p+1. The number of hydrogen-bond acceptors (Lipinski definition) is 5. The largest absolute Gasteiger partial charge is 0.481 e. The molecule has 0 saturated carbocycles. The fraction of sp³-hybridized carbons (Fsp3) is 0.478. The number of hydrogen-bond donors (Lipinski definition) is 3. The molecule has 0 aromatic heterocycles. The number of unbranched alkanes of at least 4 members (excludes halogenated alkanes) is 2. The summed E-state index contributed by atoms with van der Waals surface area (Å²) in [6, 6.07) is 8.22. The summed E-state index contributed by atoms with van der Waals surface area (Å²) in [5.74, 6) is -1.22. The van der Waals surface area contributed by atoms with Crippen LogP contribution < -0.4 is 0 Å². The Labute approximate surface area is 199 Å². The molecule has 0 saturated heterocycles. The van der Waals surface area contributed by atoms with Crippen LogP contribution in [0.5, 0.6) is 0 Å². The molecular weight excluding hydrogens is 482 g/mol. The van der Waals surface area contributed by atoms with Gasteiger partial charge in [0.2, 0.25) is 5.69 Å². The van der Waals surface area contributed by atoms with E-state index in [1.54, 1.807) is 6.07 Å². The van der Waals surface area contributed by atoms with Crippen LogP contribution in [-0.2, 0) is 30.4 Å². The molecule has 0 aliphatic carbocycles. The smallest absolute Gasteiger partial charge is 0.303 e. The molecule has 3 rings (SSSR count). The minimum absolute atomic E-state index is 0.0956. The van der Waals surface area contributed by atoms with E-state index in [1.807, 2.05) is 30.6 Å². The van der Waals surface area contributed by atoms with E-state index in [4.69, 9.17) is 9.66 Å².